The quantitative estimate of drug-likeness (QED) is 0.753. The number of carbonyl (C=O) groups is 3. The molecule has 27 heavy (non-hydrogen) atoms. The third-order valence-electron chi connectivity index (χ3n) is 4.56. The second-order valence-electron chi connectivity index (χ2n) is 6.26. The number of amides is 2. The van der Waals surface area contributed by atoms with E-state index >= 15 is 0 Å². The van der Waals surface area contributed by atoms with Gasteiger partial charge in [0.2, 0.25) is 0 Å². The van der Waals surface area contributed by atoms with Gasteiger partial charge in [-0.15, -0.1) is 0 Å². The second-order valence-corrected chi connectivity index (χ2v) is 6.26. The van der Waals surface area contributed by atoms with E-state index in [1.165, 1.54) is 24.3 Å². The fraction of sp³-hybridized carbons (Fsp3) is 0.211. The Morgan fingerprint density at radius 3 is 2.15 bits per heavy atom. The topological polar surface area (TPSA) is 72.9 Å². The summed E-state index contributed by atoms with van der Waals surface area (Å²) in [6.07, 6.45) is 0.483. The molecule has 8 heteroatoms. The number of ether oxygens (including phenoxy) is 1. The summed E-state index contributed by atoms with van der Waals surface area (Å²) in [4.78, 5) is 41.8. The molecular weight excluding hydrogens is 360 g/mol. The highest BCUT2D eigenvalue weighted by molar-refractivity contribution is 6.20. The van der Waals surface area contributed by atoms with E-state index in [1.807, 2.05) is 0 Å². The third-order valence-corrected chi connectivity index (χ3v) is 4.56. The van der Waals surface area contributed by atoms with E-state index < -0.39 is 30.3 Å². The van der Waals surface area contributed by atoms with Crippen molar-refractivity contribution >= 4 is 17.8 Å². The summed E-state index contributed by atoms with van der Waals surface area (Å²) in [5, 5.41) is 0.488. The Morgan fingerprint density at radius 2 is 1.59 bits per heavy atom. The maximum Gasteiger partial charge on any atom is 0.387 e. The van der Waals surface area contributed by atoms with Crippen LogP contribution in [0.4, 0.5) is 8.78 Å². The Kier molecular flexibility index (Phi) is 4.10. The number of fused-ring (bicyclic) bond motifs is 1. The van der Waals surface area contributed by atoms with E-state index in [0.29, 0.717) is 11.5 Å². The Hall–Kier alpha value is -3.29. The van der Waals surface area contributed by atoms with Crippen LogP contribution in [0.5, 0.6) is 5.75 Å². The highest BCUT2D eigenvalue weighted by atomic mass is 19.3. The Labute approximate surface area is 152 Å². The van der Waals surface area contributed by atoms with Gasteiger partial charge in [0.05, 0.1) is 17.0 Å². The number of hydrogen-bond acceptors (Lipinski definition) is 5. The molecule has 4 rings (SSSR count). The SMILES string of the molecule is O=C(ON1C(=O)c2ccccc2C1=O)[C@@H]1C[C@H]1c1ccc(OC(F)F)cc1. The molecule has 0 saturated heterocycles. The molecule has 1 aliphatic carbocycles. The Balaban J connectivity index is 1.40. The highest BCUT2D eigenvalue weighted by Crippen LogP contribution is 2.48. The molecule has 0 unspecified atom stereocenters. The molecule has 2 aliphatic rings. The molecule has 2 aromatic rings. The van der Waals surface area contributed by atoms with Gasteiger partial charge in [0.1, 0.15) is 5.75 Å². The summed E-state index contributed by atoms with van der Waals surface area (Å²) >= 11 is 0. The molecule has 1 aliphatic heterocycles. The lowest BCUT2D eigenvalue weighted by molar-refractivity contribution is -0.170. The molecule has 1 fully saturated rings. The summed E-state index contributed by atoms with van der Waals surface area (Å²) in [5.74, 6) is -2.66. The lowest BCUT2D eigenvalue weighted by atomic mass is 10.1. The summed E-state index contributed by atoms with van der Waals surface area (Å²) in [6, 6.07) is 12.2. The number of rotatable bonds is 5. The van der Waals surface area contributed by atoms with E-state index in [4.69, 9.17) is 4.84 Å². The molecule has 1 heterocycles. The zero-order chi connectivity index (χ0) is 19.1. The first-order chi connectivity index (χ1) is 13.0. The van der Waals surface area contributed by atoms with Crippen molar-refractivity contribution in [3.05, 3.63) is 65.2 Å². The van der Waals surface area contributed by atoms with Gasteiger partial charge in [-0.25, -0.2) is 4.79 Å². The minimum atomic E-state index is -2.90. The van der Waals surface area contributed by atoms with Gasteiger partial charge < -0.3 is 9.57 Å². The van der Waals surface area contributed by atoms with Crippen LogP contribution in [0, 0.1) is 5.92 Å². The van der Waals surface area contributed by atoms with Gasteiger partial charge in [-0.05, 0) is 42.2 Å². The van der Waals surface area contributed by atoms with E-state index in [1.54, 1.807) is 24.3 Å². The molecular formula is C19H13F2NO5. The standard InChI is InChI=1S/C19H13F2NO5/c20-19(21)26-11-7-5-10(6-8-11)14-9-15(14)18(25)27-22-16(23)12-3-1-2-4-13(12)17(22)24/h1-8,14-15,19H,9H2/t14-,15+/m0/s1. The van der Waals surface area contributed by atoms with Crippen molar-refractivity contribution in [2.24, 2.45) is 5.92 Å². The van der Waals surface area contributed by atoms with Gasteiger partial charge >= 0.3 is 12.6 Å². The summed E-state index contributed by atoms with van der Waals surface area (Å²) in [7, 11) is 0. The molecule has 6 nitrogen and oxygen atoms in total. The Morgan fingerprint density at radius 1 is 1.00 bits per heavy atom. The third kappa shape index (κ3) is 3.14. The van der Waals surface area contributed by atoms with E-state index in [9.17, 15) is 23.2 Å². The maximum atomic E-state index is 12.3. The van der Waals surface area contributed by atoms with Crippen LogP contribution in [0.2, 0.25) is 0 Å². The molecule has 2 amide bonds. The van der Waals surface area contributed by atoms with Crippen molar-refractivity contribution in [3.63, 3.8) is 0 Å². The lowest BCUT2D eigenvalue weighted by Crippen LogP contribution is -2.33. The largest absolute Gasteiger partial charge is 0.435 e. The van der Waals surface area contributed by atoms with Crippen molar-refractivity contribution < 1.29 is 32.7 Å². The highest BCUT2D eigenvalue weighted by Gasteiger charge is 2.48. The average Bonchev–Trinajstić information content (AvgIpc) is 3.42. The minimum Gasteiger partial charge on any atom is -0.435 e. The number of halogens is 2. The van der Waals surface area contributed by atoms with Crippen LogP contribution in [-0.2, 0) is 9.63 Å². The van der Waals surface area contributed by atoms with Crippen LogP contribution in [-0.4, -0.2) is 29.5 Å². The van der Waals surface area contributed by atoms with Crippen LogP contribution in [0.15, 0.2) is 48.5 Å². The van der Waals surface area contributed by atoms with Crippen LogP contribution in [0.25, 0.3) is 0 Å². The summed E-state index contributed by atoms with van der Waals surface area (Å²) < 4.78 is 28.6. The van der Waals surface area contributed by atoms with Crippen LogP contribution >= 0.6 is 0 Å². The lowest BCUT2D eigenvalue weighted by Gasteiger charge is -2.12. The van der Waals surface area contributed by atoms with Gasteiger partial charge in [0, 0.05) is 0 Å². The fourth-order valence-electron chi connectivity index (χ4n) is 3.13. The first-order valence-electron chi connectivity index (χ1n) is 8.20. The average molecular weight is 373 g/mol. The number of benzene rings is 2. The normalized spacial score (nSPS) is 20.6. The monoisotopic (exact) mass is 373 g/mol. The van der Waals surface area contributed by atoms with Crippen molar-refractivity contribution in [3.8, 4) is 5.75 Å². The molecule has 2 atom stereocenters. The minimum absolute atomic E-state index is 0.0274. The molecule has 0 spiro atoms. The van der Waals surface area contributed by atoms with Crippen LogP contribution in [0.1, 0.15) is 38.6 Å². The van der Waals surface area contributed by atoms with Gasteiger partial charge in [0.15, 0.2) is 0 Å². The van der Waals surface area contributed by atoms with Crippen molar-refractivity contribution in [2.75, 3.05) is 0 Å². The second kappa shape index (κ2) is 6.46. The molecule has 0 aromatic heterocycles. The molecule has 0 bridgehead atoms. The van der Waals surface area contributed by atoms with Gasteiger partial charge in [0.25, 0.3) is 11.8 Å². The van der Waals surface area contributed by atoms with Crippen molar-refractivity contribution in [1.82, 2.24) is 5.06 Å². The number of alkyl halides is 2. The molecule has 138 valence electrons. The van der Waals surface area contributed by atoms with E-state index in [2.05, 4.69) is 4.74 Å². The predicted octanol–water partition coefficient (Wildman–Crippen LogP) is 3.15. The smallest absolute Gasteiger partial charge is 0.387 e. The maximum absolute atomic E-state index is 12.3. The summed E-state index contributed by atoms with van der Waals surface area (Å²) in [6.45, 7) is -2.90. The first-order valence-corrected chi connectivity index (χ1v) is 8.20. The Bertz CT molecular complexity index is 893. The van der Waals surface area contributed by atoms with E-state index in [0.717, 1.165) is 5.56 Å². The number of hydrogen-bond donors (Lipinski definition) is 0. The number of imide groups is 1. The molecule has 0 N–H and O–H groups in total. The van der Waals surface area contributed by atoms with Gasteiger partial charge in [-0.3, -0.25) is 9.59 Å². The van der Waals surface area contributed by atoms with Crippen molar-refractivity contribution in [2.45, 2.75) is 19.0 Å². The number of hydroxylamine groups is 2. The zero-order valence-electron chi connectivity index (χ0n) is 13.8. The first kappa shape index (κ1) is 17.1. The van der Waals surface area contributed by atoms with Crippen LogP contribution < -0.4 is 4.74 Å². The number of nitrogens with zero attached hydrogens (tertiary/aromatic N) is 1. The van der Waals surface area contributed by atoms with Gasteiger partial charge in [-0.2, -0.15) is 8.78 Å². The molecule has 2 aromatic carbocycles. The van der Waals surface area contributed by atoms with Crippen LogP contribution in [0.3, 0.4) is 0 Å². The number of carbonyl (C=O) groups excluding carboxylic acids is 3. The summed E-state index contributed by atoms with van der Waals surface area (Å²) in [5.41, 5.74) is 1.15. The predicted molar refractivity (Wildman–Crippen MR) is 87.0 cm³/mol. The van der Waals surface area contributed by atoms with Gasteiger partial charge in [-0.1, -0.05) is 29.3 Å². The molecule has 0 radical (unpaired) electrons. The molecule has 1 saturated carbocycles. The van der Waals surface area contributed by atoms with Crippen molar-refractivity contribution in [1.29, 1.82) is 0 Å². The zero-order valence-corrected chi connectivity index (χ0v) is 13.8. The van der Waals surface area contributed by atoms with E-state index in [-0.39, 0.29) is 22.8 Å². The fourth-order valence-corrected chi connectivity index (χ4v) is 3.13.